The predicted octanol–water partition coefficient (Wildman–Crippen LogP) is 1.61. The number of halogens is 2. The van der Waals surface area contributed by atoms with E-state index in [0.717, 1.165) is 5.13 Å². The summed E-state index contributed by atoms with van der Waals surface area (Å²) in [6.07, 6.45) is 0.608. The molecule has 1 aromatic heterocycles. The minimum absolute atomic E-state index is 0.100. The van der Waals surface area contributed by atoms with E-state index in [9.17, 15) is 13.6 Å². The Balaban J connectivity index is 1.60. The molecular weight excluding hydrogens is 300 g/mol. The Morgan fingerprint density at radius 1 is 1.38 bits per heavy atom. The summed E-state index contributed by atoms with van der Waals surface area (Å²) in [6, 6.07) is 0. The fourth-order valence-electron chi connectivity index (χ4n) is 2.60. The zero-order chi connectivity index (χ0) is 14.9. The van der Waals surface area contributed by atoms with Crippen LogP contribution in [0.2, 0.25) is 0 Å². The molecule has 2 fully saturated rings. The highest BCUT2D eigenvalue weighted by Crippen LogP contribution is 2.28. The minimum Gasteiger partial charge on any atom is -0.365 e. The minimum atomic E-state index is -2.64. The van der Waals surface area contributed by atoms with E-state index < -0.39 is 12.0 Å². The van der Waals surface area contributed by atoms with Gasteiger partial charge in [0.25, 0.3) is 11.8 Å². The van der Waals surface area contributed by atoms with Crippen molar-refractivity contribution in [2.45, 2.75) is 24.9 Å². The van der Waals surface area contributed by atoms with E-state index >= 15 is 0 Å². The standard InChI is InChI=1S/C13H17F2N3O2S/c14-13(15)1-4-17(5-2-13)11(19)10-9-18(6-7-20-10)12-16-3-8-21-12/h3,8,10H,1-2,4-7,9H2. The highest BCUT2D eigenvalue weighted by Gasteiger charge is 2.38. The molecule has 0 aliphatic carbocycles. The van der Waals surface area contributed by atoms with Gasteiger partial charge in [0, 0.05) is 44.1 Å². The first-order chi connectivity index (χ1) is 10.1. The monoisotopic (exact) mass is 317 g/mol. The van der Waals surface area contributed by atoms with Gasteiger partial charge in [-0.3, -0.25) is 4.79 Å². The van der Waals surface area contributed by atoms with Crippen molar-refractivity contribution < 1.29 is 18.3 Å². The van der Waals surface area contributed by atoms with Crippen molar-refractivity contribution in [2.24, 2.45) is 0 Å². The number of likely N-dealkylation sites (tertiary alicyclic amines) is 1. The van der Waals surface area contributed by atoms with Gasteiger partial charge in [0.1, 0.15) is 0 Å². The van der Waals surface area contributed by atoms with E-state index in [4.69, 9.17) is 4.74 Å². The maximum Gasteiger partial charge on any atom is 0.253 e. The molecule has 8 heteroatoms. The Labute approximate surface area is 125 Å². The van der Waals surface area contributed by atoms with Gasteiger partial charge < -0.3 is 14.5 Å². The maximum absolute atomic E-state index is 13.1. The lowest BCUT2D eigenvalue weighted by molar-refractivity contribution is -0.150. The molecule has 3 heterocycles. The molecule has 0 radical (unpaired) electrons. The highest BCUT2D eigenvalue weighted by atomic mass is 32.1. The maximum atomic E-state index is 13.1. The molecule has 1 amide bonds. The summed E-state index contributed by atoms with van der Waals surface area (Å²) in [7, 11) is 0. The van der Waals surface area contributed by atoms with Crippen LogP contribution in [0.3, 0.4) is 0 Å². The number of ether oxygens (including phenoxy) is 1. The molecule has 116 valence electrons. The third kappa shape index (κ3) is 3.32. The van der Waals surface area contributed by atoms with E-state index in [0.29, 0.717) is 19.7 Å². The summed E-state index contributed by atoms with van der Waals surface area (Å²) in [5.74, 6) is -2.83. The first-order valence-corrected chi connectivity index (χ1v) is 7.86. The van der Waals surface area contributed by atoms with Crippen LogP contribution in [0.5, 0.6) is 0 Å². The number of carbonyl (C=O) groups is 1. The van der Waals surface area contributed by atoms with Crippen LogP contribution in [-0.4, -0.2) is 60.6 Å². The van der Waals surface area contributed by atoms with Gasteiger partial charge in [0.05, 0.1) is 13.2 Å². The second kappa shape index (κ2) is 5.84. The number of carbonyl (C=O) groups excluding carboxylic acids is 1. The lowest BCUT2D eigenvalue weighted by atomic mass is 10.1. The number of nitrogens with zero attached hydrogens (tertiary/aromatic N) is 3. The van der Waals surface area contributed by atoms with Gasteiger partial charge in [0.15, 0.2) is 11.2 Å². The van der Waals surface area contributed by atoms with E-state index in [1.54, 1.807) is 6.20 Å². The van der Waals surface area contributed by atoms with Crippen molar-refractivity contribution in [3.63, 3.8) is 0 Å². The van der Waals surface area contributed by atoms with Gasteiger partial charge >= 0.3 is 0 Å². The molecule has 2 aliphatic rings. The van der Waals surface area contributed by atoms with Gasteiger partial charge in [-0.05, 0) is 0 Å². The Kier molecular flexibility index (Phi) is 4.08. The Morgan fingerprint density at radius 3 is 2.81 bits per heavy atom. The zero-order valence-corrected chi connectivity index (χ0v) is 12.3. The lowest BCUT2D eigenvalue weighted by Gasteiger charge is -2.37. The SMILES string of the molecule is O=C(C1CN(c2nccs2)CCO1)N1CCC(F)(F)CC1. The van der Waals surface area contributed by atoms with Crippen LogP contribution in [0.25, 0.3) is 0 Å². The average Bonchev–Trinajstić information content (AvgIpc) is 3.01. The number of anilines is 1. The number of aromatic nitrogens is 1. The van der Waals surface area contributed by atoms with Crippen LogP contribution < -0.4 is 4.90 Å². The quantitative estimate of drug-likeness (QED) is 0.831. The molecule has 0 spiro atoms. The average molecular weight is 317 g/mol. The van der Waals surface area contributed by atoms with Gasteiger partial charge in [-0.1, -0.05) is 0 Å². The predicted molar refractivity (Wildman–Crippen MR) is 74.8 cm³/mol. The lowest BCUT2D eigenvalue weighted by Crippen LogP contribution is -2.53. The third-order valence-electron chi connectivity index (χ3n) is 3.84. The topological polar surface area (TPSA) is 45.7 Å². The molecule has 2 aliphatic heterocycles. The highest BCUT2D eigenvalue weighted by molar-refractivity contribution is 7.13. The number of thiazole rings is 1. The van der Waals surface area contributed by atoms with Crippen molar-refractivity contribution in [1.29, 1.82) is 0 Å². The summed E-state index contributed by atoms with van der Waals surface area (Å²) < 4.78 is 31.8. The Morgan fingerprint density at radius 2 is 2.14 bits per heavy atom. The zero-order valence-electron chi connectivity index (χ0n) is 11.5. The molecule has 0 N–H and O–H groups in total. The molecule has 21 heavy (non-hydrogen) atoms. The number of morpholine rings is 1. The second-order valence-electron chi connectivity index (χ2n) is 5.30. The number of rotatable bonds is 2. The summed E-state index contributed by atoms with van der Waals surface area (Å²) in [5.41, 5.74) is 0. The normalized spacial score (nSPS) is 25.9. The first-order valence-electron chi connectivity index (χ1n) is 6.98. The van der Waals surface area contributed by atoms with Crippen molar-refractivity contribution in [3.05, 3.63) is 11.6 Å². The molecule has 1 aromatic rings. The van der Waals surface area contributed by atoms with Crippen LogP contribution in [0.4, 0.5) is 13.9 Å². The van der Waals surface area contributed by atoms with Crippen LogP contribution >= 0.6 is 11.3 Å². The van der Waals surface area contributed by atoms with Crippen LogP contribution in [-0.2, 0) is 9.53 Å². The summed E-state index contributed by atoms with van der Waals surface area (Å²) in [4.78, 5) is 20.1. The van der Waals surface area contributed by atoms with E-state index in [-0.39, 0.29) is 31.8 Å². The molecule has 1 unspecified atom stereocenters. The fraction of sp³-hybridized carbons (Fsp3) is 0.692. The number of amides is 1. The summed E-state index contributed by atoms with van der Waals surface area (Å²) in [6.45, 7) is 1.76. The largest absolute Gasteiger partial charge is 0.365 e. The fourth-order valence-corrected chi connectivity index (χ4v) is 3.28. The summed E-state index contributed by atoms with van der Waals surface area (Å²) in [5, 5.41) is 2.75. The van der Waals surface area contributed by atoms with Crippen molar-refractivity contribution in [2.75, 3.05) is 37.7 Å². The van der Waals surface area contributed by atoms with E-state index in [1.807, 2.05) is 10.3 Å². The Hall–Kier alpha value is -1.28. The summed E-state index contributed by atoms with van der Waals surface area (Å²) >= 11 is 1.51. The molecule has 0 saturated carbocycles. The van der Waals surface area contributed by atoms with Gasteiger partial charge in [-0.15, -0.1) is 11.3 Å². The Bertz CT molecular complexity index is 488. The first kappa shape index (κ1) is 14.6. The van der Waals surface area contributed by atoms with Gasteiger partial charge in [-0.2, -0.15) is 0 Å². The van der Waals surface area contributed by atoms with Crippen molar-refractivity contribution in [3.8, 4) is 0 Å². The molecule has 5 nitrogen and oxygen atoms in total. The van der Waals surface area contributed by atoms with Gasteiger partial charge in [0.2, 0.25) is 0 Å². The smallest absolute Gasteiger partial charge is 0.253 e. The van der Waals surface area contributed by atoms with Crippen LogP contribution in [0.15, 0.2) is 11.6 Å². The van der Waals surface area contributed by atoms with Crippen LogP contribution in [0.1, 0.15) is 12.8 Å². The van der Waals surface area contributed by atoms with Crippen LogP contribution in [0, 0.1) is 0 Å². The van der Waals surface area contributed by atoms with E-state index in [2.05, 4.69) is 4.98 Å². The molecule has 0 aromatic carbocycles. The van der Waals surface area contributed by atoms with Crippen molar-refractivity contribution in [1.82, 2.24) is 9.88 Å². The molecular formula is C13H17F2N3O2S. The number of alkyl halides is 2. The molecule has 0 bridgehead atoms. The van der Waals surface area contributed by atoms with Crippen molar-refractivity contribution >= 4 is 22.4 Å². The number of hydrogen-bond acceptors (Lipinski definition) is 5. The number of hydrogen-bond donors (Lipinski definition) is 0. The third-order valence-corrected chi connectivity index (χ3v) is 4.67. The number of piperidine rings is 1. The molecule has 1 atom stereocenters. The van der Waals surface area contributed by atoms with Gasteiger partial charge in [-0.25, -0.2) is 13.8 Å². The molecule has 2 saturated heterocycles. The second-order valence-corrected chi connectivity index (χ2v) is 6.17. The molecule has 3 rings (SSSR count). The van der Waals surface area contributed by atoms with E-state index in [1.165, 1.54) is 16.2 Å².